The molecule has 0 aromatic heterocycles. The Labute approximate surface area is 378 Å². The Bertz CT molecular complexity index is 1400. The maximum atomic E-state index is 12.6. The molecule has 0 aromatic carbocycles. The minimum absolute atomic E-state index is 0.0705. The van der Waals surface area contributed by atoms with Gasteiger partial charge in [0, 0.05) is 19.6 Å². The molecule has 0 saturated heterocycles. The molecule has 0 aliphatic carbocycles. The molecule has 0 aromatic rings. The van der Waals surface area contributed by atoms with Crippen molar-refractivity contribution in [3.8, 4) is 0 Å². The summed E-state index contributed by atoms with van der Waals surface area (Å²) in [6.45, 7) is 4.52. The zero-order chi connectivity index (χ0) is 45.1. The number of hydrogen-bond acceptors (Lipinski definition) is 7. The summed E-state index contributed by atoms with van der Waals surface area (Å²) < 4.78 is 33.4. The molecule has 0 fully saturated rings. The maximum absolute atomic E-state index is 12.6. The summed E-state index contributed by atoms with van der Waals surface area (Å²) >= 11 is 0. The molecule has 0 amide bonds. The van der Waals surface area contributed by atoms with E-state index in [1.54, 1.807) is 0 Å². The van der Waals surface area contributed by atoms with Crippen molar-refractivity contribution in [2.45, 2.75) is 161 Å². The molecular weight excluding hydrogens is 794 g/mol. The number of hydrogen-bond donors (Lipinski definition) is 2. The first-order chi connectivity index (χ1) is 30.4. The summed E-state index contributed by atoms with van der Waals surface area (Å²) in [6, 6.07) is 0. The van der Waals surface area contributed by atoms with Crippen molar-refractivity contribution in [1.82, 2.24) is 0 Å². The molecule has 350 valence electrons. The van der Waals surface area contributed by atoms with Crippen LogP contribution in [0.15, 0.2) is 134 Å². The van der Waals surface area contributed by atoms with Gasteiger partial charge in [0.2, 0.25) is 0 Å². The molecule has 3 N–H and O–H groups in total. The Kier molecular flexibility index (Phi) is 46.0. The number of carbonyl (C=O) groups is 1. The van der Waals surface area contributed by atoms with Crippen molar-refractivity contribution in [2.75, 3.05) is 33.0 Å². The highest BCUT2D eigenvalue weighted by Crippen LogP contribution is 2.43. The highest BCUT2D eigenvalue weighted by Gasteiger charge is 2.25. The molecular formula is C53H86NO7P. The van der Waals surface area contributed by atoms with Crippen LogP contribution in [-0.2, 0) is 27.9 Å². The normalized spacial score (nSPS) is 14.6. The zero-order valence-electron chi connectivity index (χ0n) is 38.8. The second-order valence-corrected chi connectivity index (χ2v) is 16.3. The predicted octanol–water partition coefficient (Wildman–Crippen LogP) is 14.7. The van der Waals surface area contributed by atoms with Gasteiger partial charge in [-0.2, -0.15) is 0 Å². The van der Waals surface area contributed by atoms with Crippen LogP contribution < -0.4 is 5.73 Å². The molecule has 0 aliphatic rings. The maximum Gasteiger partial charge on any atom is 0.472 e. The molecule has 0 heterocycles. The van der Waals surface area contributed by atoms with Gasteiger partial charge >= 0.3 is 13.8 Å². The largest absolute Gasteiger partial charge is 0.472 e. The van der Waals surface area contributed by atoms with E-state index in [9.17, 15) is 14.3 Å². The molecule has 0 spiro atoms. The van der Waals surface area contributed by atoms with Crippen LogP contribution in [0, 0.1) is 0 Å². The number of phosphoric ester groups is 1. The third kappa shape index (κ3) is 47.7. The van der Waals surface area contributed by atoms with Crippen molar-refractivity contribution in [3.05, 3.63) is 134 Å². The standard InChI is InChI=1S/C53H86NO7P/c1-3-5-7-9-11-13-15-17-19-21-23-24-25-26-27-28-29-30-32-34-36-38-40-42-44-46-53(55)61-52(51-60-62(56,57)59-49-47-54)50-58-48-45-43-41-39-37-35-33-31-22-20-18-16-14-12-10-8-6-4-2/h5-8,11-14,17-20,23-24,26-27,29-31,33,37,39,52H,3-4,9-10,15-16,21-22,25,28,32,34-36,38,40-51,54H2,1-2H3,(H,56,57)/b7-5-,8-6-,13-11-,14-12-,19-17-,20-18-,24-23-,27-26-,30-29-,33-31-,39-37-. The fourth-order valence-electron chi connectivity index (χ4n) is 5.67. The topological polar surface area (TPSA) is 117 Å². The third-order valence-corrected chi connectivity index (χ3v) is 10.0. The summed E-state index contributed by atoms with van der Waals surface area (Å²) in [7, 11) is -4.31. The minimum atomic E-state index is -4.31. The van der Waals surface area contributed by atoms with Crippen molar-refractivity contribution >= 4 is 13.8 Å². The highest BCUT2D eigenvalue weighted by atomic mass is 31.2. The Morgan fingerprint density at radius 1 is 0.484 bits per heavy atom. The van der Waals surface area contributed by atoms with Crippen LogP contribution in [0.5, 0.6) is 0 Å². The zero-order valence-corrected chi connectivity index (χ0v) is 39.7. The first-order valence-electron chi connectivity index (χ1n) is 23.7. The Hall–Kier alpha value is -3.36. The van der Waals surface area contributed by atoms with E-state index in [0.717, 1.165) is 122 Å². The number of unbranched alkanes of at least 4 members (excludes halogenated alkanes) is 8. The molecule has 2 atom stereocenters. The lowest BCUT2D eigenvalue weighted by molar-refractivity contribution is -0.154. The van der Waals surface area contributed by atoms with Gasteiger partial charge in [-0.15, -0.1) is 0 Å². The van der Waals surface area contributed by atoms with Crippen LogP contribution >= 0.6 is 7.82 Å². The fourth-order valence-corrected chi connectivity index (χ4v) is 6.44. The lowest BCUT2D eigenvalue weighted by Crippen LogP contribution is -2.28. The first-order valence-corrected chi connectivity index (χ1v) is 25.2. The van der Waals surface area contributed by atoms with Crippen LogP contribution in [0.25, 0.3) is 0 Å². The molecule has 0 aliphatic heterocycles. The van der Waals surface area contributed by atoms with Crippen LogP contribution in [-0.4, -0.2) is 49.9 Å². The Morgan fingerprint density at radius 3 is 1.27 bits per heavy atom. The second-order valence-electron chi connectivity index (χ2n) is 14.9. The van der Waals surface area contributed by atoms with Crippen molar-refractivity contribution < 1.29 is 32.8 Å². The van der Waals surface area contributed by atoms with E-state index in [2.05, 4.69) is 148 Å². The van der Waals surface area contributed by atoms with Crippen LogP contribution in [0.2, 0.25) is 0 Å². The van der Waals surface area contributed by atoms with E-state index in [0.29, 0.717) is 6.61 Å². The van der Waals surface area contributed by atoms with E-state index >= 15 is 0 Å². The Balaban J connectivity index is 4.14. The van der Waals surface area contributed by atoms with Gasteiger partial charge in [-0.25, -0.2) is 4.57 Å². The lowest BCUT2D eigenvalue weighted by Gasteiger charge is -2.20. The third-order valence-electron chi connectivity index (χ3n) is 9.06. The minimum Gasteiger partial charge on any atom is -0.457 e. The first kappa shape index (κ1) is 58.6. The average Bonchev–Trinajstić information content (AvgIpc) is 3.26. The number of ether oxygens (including phenoxy) is 2. The van der Waals surface area contributed by atoms with Crippen molar-refractivity contribution in [3.63, 3.8) is 0 Å². The summed E-state index contributed by atoms with van der Waals surface area (Å²) in [4.78, 5) is 22.6. The molecule has 62 heavy (non-hydrogen) atoms. The second kappa shape index (κ2) is 48.7. The summed E-state index contributed by atoms with van der Waals surface area (Å²) in [5, 5.41) is 0. The quantitative estimate of drug-likeness (QED) is 0.0269. The Morgan fingerprint density at radius 2 is 0.855 bits per heavy atom. The molecule has 0 saturated carbocycles. The summed E-state index contributed by atoms with van der Waals surface area (Å²) in [5.74, 6) is -0.367. The number of nitrogens with two attached hydrogens (primary N) is 1. The van der Waals surface area contributed by atoms with E-state index in [4.69, 9.17) is 24.3 Å². The molecule has 0 radical (unpaired) electrons. The van der Waals surface area contributed by atoms with Gasteiger partial charge in [-0.3, -0.25) is 13.8 Å². The number of esters is 1. The van der Waals surface area contributed by atoms with Crippen LogP contribution in [0.4, 0.5) is 0 Å². The van der Waals surface area contributed by atoms with E-state index in [-0.39, 0.29) is 38.8 Å². The van der Waals surface area contributed by atoms with Gasteiger partial charge in [0.25, 0.3) is 0 Å². The number of allylic oxidation sites excluding steroid dienone is 22. The smallest absolute Gasteiger partial charge is 0.457 e. The van der Waals surface area contributed by atoms with Crippen molar-refractivity contribution in [2.24, 2.45) is 5.73 Å². The van der Waals surface area contributed by atoms with Crippen LogP contribution in [0.1, 0.15) is 155 Å². The van der Waals surface area contributed by atoms with Gasteiger partial charge in [0.15, 0.2) is 0 Å². The summed E-state index contributed by atoms with van der Waals surface area (Å²) in [5.41, 5.74) is 5.37. The van der Waals surface area contributed by atoms with Crippen molar-refractivity contribution in [1.29, 1.82) is 0 Å². The highest BCUT2D eigenvalue weighted by molar-refractivity contribution is 7.47. The van der Waals surface area contributed by atoms with Gasteiger partial charge in [-0.1, -0.05) is 173 Å². The lowest BCUT2D eigenvalue weighted by atomic mass is 10.1. The fraction of sp³-hybridized carbons (Fsp3) is 0.566. The number of rotatable bonds is 43. The predicted molar refractivity (Wildman–Crippen MR) is 265 cm³/mol. The molecule has 8 nitrogen and oxygen atoms in total. The van der Waals surface area contributed by atoms with E-state index in [1.165, 1.54) is 12.8 Å². The van der Waals surface area contributed by atoms with E-state index < -0.39 is 13.9 Å². The molecule has 2 unspecified atom stereocenters. The molecule has 0 bridgehead atoms. The molecule has 9 heteroatoms. The monoisotopic (exact) mass is 880 g/mol. The summed E-state index contributed by atoms with van der Waals surface area (Å²) in [6.07, 6.45) is 69.1. The van der Waals surface area contributed by atoms with Gasteiger partial charge < -0.3 is 20.1 Å². The SMILES string of the molecule is CC/C=C\C/C=C\C/C=C\C/C=C\C/C=C\C/C=C\CCCCCCCCC(=O)OC(COCCCC/C=C\C/C=C\C/C=C\C/C=C\C/C=C\CC)COP(=O)(O)OCCN. The van der Waals surface area contributed by atoms with Gasteiger partial charge in [0.05, 0.1) is 19.8 Å². The van der Waals surface area contributed by atoms with E-state index in [1.807, 2.05) is 0 Å². The number of carbonyl (C=O) groups excluding carboxylic acids is 1. The van der Waals surface area contributed by atoms with Gasteiger partial charge in [0.1, 0.15) is 6.10 Å². The average molecular weight is 880 g/mol. The molecule has 0 rings (SSSR count). The van der Waals surface area contributed by atoms with Crippen LogP contribution in [0.3, 0.4) is 0 Å². The number of phosphoric acid groups is 1. The van der Waals surface area contributed by atoms with Gasteiger partial charge in [-0.05, 0) is 109 Å².